The predicted molar refractivity (Wildman–Crippen MR) is 71.9 cm³/mol. The van der Waals surface area contributed by atoms with E-state index < -0.39 is 0 Å². The quantitative estimate of drug-likeness (QED) is 0.546. The molecule has 0 N–H and O–H groups in total. The molecule has 0 amide bonds. The Balaban J connectivity index is 0.00000180. The molecule has 1 nitrogen and oxygen atoms in total. The normalized spacial score (nSPS) is 24.6. The van der Waals surface area contributed by atoms with Gasteiger partial charge in [0.25, 0.3) is 0 Å². The van der Waals surface area contributed by atoms with E-state index in [1.807, 2.05) is 0 Å². The first kappa shape index (κ1) is 20.2. The summed E-state index contributed by atoms with van der Waals surface area (Å²) in [6.45, 7) is 6.44. The van der Waals surface area contributed by atoms with Crippen molar-refractivity contribution >= 4 is 0 Å². The van der Waals surface area contributed by atoms with Crippen LogP contribution in [0, 0.1) is 0 Å². The summed E-state index contributed by atoms with van der Waals surface area (Å²) < 4.78 is 7.80. The average molecular weight is 348 g/mol. The largest absolute Gasteiger partial charge is 1.00 e. The van der Waals surface area contributed by atoms with E-state index in [9.17, 15) is 0 Å². The predicted octanol–water partition coefficient (Wildman–Crippen LogP) is -1.78. The van der Waals surface area contributed by atoms with Crippen molar-refractivity contribution in [1.82, 2.24) is 0 Å². The molecule has 0 saturated carbocycles. The van der Waals surface area contributed by atoms with E-state index in [-0.39, 0.29) is 36.5 Å². The van der Waals surface area contributed by atoms with E-state index >= 15 is 0 Å². The van der Waals surface area contributed by atoms with Crippen LogP contribution in [0.1, 0.15) is 40.0 Å². The Morgan fingerprint density at radius 2 is 2.00 bits per heavy atom. The Labute approximate surface area is 146 Å². The van der Waals surface area contributed by atoms with Crippen LogP contribution in [0.25, 0.3) is 0 Å². The molecule has 0 aromatic carbocycles. The monoisotopic (exact) mass is 347 g/mol. The maximum absolute atomic E-state index is 6.31. The Hall–Kier alpha value is 0.214. The molecule has 2 rings (SSSR count). The van der Waals surface area contributed by atoms with Crippen molar-refractivity contribution in [3.63, 3.8) is 0 Å². The first-order valence-electron chi connectivity index (χ1n) is 6.65. The second-order valence-electron chi connectivity index (χ2n) is 5.43. The summed E-state index contributed by atoms with van der Waals surface area (Å²) in [7, 11) is 0. The third-order valence-electron chi connectivity index (χ3n) is 3.61. The third-order valence-corrected chi connectivity index (χ3v) is 4.43. The minimum atomic E-state index is -0.131. The molecule has 0 radical (unpaired) electrons. The van der Waals surface area contributed by atoms with Gasteiger partial charge in [0, 0.05) is 0 Å². The molecule has 0 aromatic rings. The third kappa shape index (κ3) is 4.61. The molecule has 0 aliphatic heterocycles. The first-order chi connectivity index (χ1) is 8.53. The van der Waals surface area contributed by atoms with Gasteiger partial charge in [-0.2, -0.15) is 0 Å². The summed E-state index contributed by atoms with van der Waals surface area (Å²) in [5.41, 5.74) is 2.67. The molecule has 20 heavy (non-hydrogen) atoms. The van der Waals surface area contributed by atoms with Crippen LogP contribution in [-0.2, 0) is 25.2 Å². The van der Waals surface area contributed by atoms with Crippen LogP contribution in [0.4, 0.5) is 0 Å². The van der Waals surface area contributed by atoms with Crippen LogP contribution >= 0.6 is 0 Å². The second kappa shape index (κ2) is 8.61. The van der Waals surface area contributed by atoms with E-state index in [1.165, 1.54) is 15.0 Å². The molecule has 0 saturated heterocycles. The minimum absolute atomic E-state index is 0. The van der Waals surface area contributed by atoms with Gasteiger partial charge < -0.3 is 24.8 Å². The second-order valence-corrected chi connectivity index (χ2v) is 6.37. The molecule has 0 aromatic heterocycles. The van der Waals surface area contributed by atoms with Gasteiger partial charge in [-0.15, -0.1) is 0 Å². The van der Waals surface area contributed by atoms with Crippen molar-refractivity contribution < 1.29 is 50.0 Å². The maximum Gasteiger partial charge on any atom is -1.00 e. The van der Waals surface area contributed by atoms with Gasteiger partial charge in [0.2, 0.25) is 0 Å². The standard InChI is InChI=1S/C16H21O.2ClH.Ti/c1-13(2)17-16(11-7-6-8-14(16)3)12-15-9-4-5-10-15;;;/h4,6-9,13H,5,11-12H2,1-3H3;2*1H;/q;;;+2/p-2. The van der Waals surface area contributed by atoms with Crippen LogP contribution in [0.5, 0.6) is 0 Å². The average Bonchev–Trinajstić information content (AvgIpc) is 2.68. The van der Waals surface area contributed by atoms with Gasteiger partial charge in [-0.05, 0) is 0 Å². The topological polar surface area (TPSA) is 9.23 Å². The number of halogens is 2. The fraction of sp³-hybridized carbons (Fsp3) is 0.500. The van der Waals surface area contributed by atoms with Crippen LogP contribution in [-0.4, -0.2) is 11.7 Å². The molecule has 2 aliphatic carbocycles. The van der Waals surface area contributed by atoms with Gasteiger partial charge in [-0.1, -0.05) is 0 Å². The fourth-order valence-corrected chi connectivity index (χ4v) is 3.11. The smallest absolute Gasteiger partial charge is 1.00 e. The zero-order valence-electron chi connectivity index (χ0n) is 12.2. The fourth-order valence-electron chi connectivity index (χ4n) is 2.65. The summed E-state index contributed by atoms with van der Waals surface area (Å²) in [5, 5.41) is 0. The molecule has 2 aliphatic rings. The first-order valence-corrected chi connectivity index (χ1v) is 7.43. The van der Waals surface area contributed by atoms with Crippen molar-refractivity contribution in [2.24, 2.45) is 0 Å². The molecule has 4 heteroatoms. The van der Waals surface area contributed by atoms with Gasteiger partial charge in [-0.25, -0.2) is 0 Å². The summed E-state index contributed by atoms with van der Waals surface area (Å²) >= 11 is 2.23. The van der Waals surface area contributed by atoms with Gasteiger partial charge in [-0.3, -0.25) is 0 Å². The summed E-state index contributed by atoms with van der Waals surface area (Å²) in [4.78, 5) is 0. The van der Waals surface area contributed by atoms with Gasteiger partial charge in [0.1, 0.15) is 0 Å². The van der Waals surface area contributed by atoms with Crippen LogP contribution in [0.2, 0.25) is 0 Å². The van der Waals surface area contributed by atoms with Crippen molar-refractivity contribution in [3.8, 4) is 0 Å². The Morgan fingerprint density at radius 3 is 2.50 bits per heavy atom. The number of ether oxygens (including phenoxy) is 1. The number of rotatable bonds is 4. The zero-order chi connectivity index (χ0) is 13.2. The Bertz CT molecular complexity index is 449. The van der Waals surface area contributed by atoms with E-state index in [2.05, 4.69) is 71.6 Å². The molecule has 1 atom stereocenters. The summed E-state index contributed by atoms with van der Waals surface area (Å²) in [6.07, 6.45) is 14.4. The minimum Gasteiger partial charge on any atom is -1.00 e. The number of hydrogen-bond donors (Lipinski definition) is 0. The zero-order valence-corrected chi connectivity index (χ0v) is 15.3. The molecule has 109 valence electrons. The van der Waals surface area contributed by atoms with E-state index in [4.69, 9.17) is 4.74 Å². The van der Waals surface area contributed by atoms with E-state index in [0.717, 1.165) is 19.3 Å². The summed E-state index contributed by atoms with van der Waals surface area (Å²) in [5.74, 6) is 0. The SMILES string of the molecule is CC1=CC=CCC1(CC1=[C]([Ti+2])CC=C1)OC(C)C.[Cl-].[Cl-]. The van der Waals surface area contributed by atoms with Gasteiger partial charge in [0.05, 0.1) is 0 Å². The van der Waals surface area contributed by atoms with Crippen LogP contribution < -0.4 is 24.8 Å². The molecule has 0 spiro atoms. The van der Waals surface area contributed by atoms with Crippen LogP contribution in [0.3, 0.4) is 0 Å². The Morgan fingerprint density at radius 1 is 1.30 bits per heavy atom. The molecule has 0 fully saturated rings. The van der Waals surface area contributed by atoms with Crippen molar-refractivity contribution in [2.75, 3.05) is 0 Å². The summed E-state index contributed by atoms with van der Waals surface area (Å²) in [6, 6.07) is 0. The van der Waals surface area contributed by atoms with Gasteiger partial charge in [0.15, 0.2) is 0 Å². The molecular weight excluding hydrogens is 327 g/mol. The van der Waals surface area contributed by atoms with Crippen molar-refractivity contribution in [1.29, 1.82) is 0 Å². The molecule has 1 unspecified atom stereocenters. The van der Waals surface area contributed by atoms with E-state index in [0.29, 0.717) is 0 Å². The van der Waals surface area contributed by atoms with Gasteiger partial charge >= 0.3 is 122 Å². The van der Waals surface area contributed by atoms with Crippen molar-refractivity contribution in [3.05, 3.63) is 45.4 Å². The molecule has 0 heterocycles. The van der Waals surface area contributed by atoms with Crippen LogP contribution in [0.15, 0.2) is 45.4 Å². The number of allylic oxidation sites excluding steroid dienone is 5. The Kier molecular flexibility index (Phi) is 8.70. The maximum atomic E-state index is 6.31. The molecule has 0 bridgehead atoms. The molecular formula is C16H21Cl2OTi. The van der Waals surface area contributed by atoms with E-state index in [1.54, 1.807) is 0 Å². The number of hydrogen-bond acceptors (Lipinski definition) is 1. The van der Waals surface area contributed by atoms with Crippen molar-refractivity contribution in [2.45, 2.75) is 51.7 Å².